The molecule has 0 unspecified atom stereocenters. The molecule has 0 saturated carbocycles. The van der Waals surface area contributed by atoms with Crippen LogP contribution in [0.1, 0.15) is 32.2 Å². The van der Waals surface area contributed by atoms with Gasteiger partial charge in [-0.15, -0.1) is 0 Å². The Morgan fingerprint density at radius 3 is 3.00 bits per heavy atom. The molecule has 2 aromatic rings. The van der Waals surface area contributed by atoms with Crippen LogP contribution >= 0.6 is 0 Å². The molecule has 0 saturated heterocycles. The lowest BCUT2D eigenvalue weighted by molar-refractivity contribution is -0.121. The van der Waals surface area contributed by atoms with Crippen molar-refractivity contribution < 1.29 is 4.79 Å². The second-order valence-corrected chi connectivity index (χ2v) is 4.41. The number of carbonyl (C=O) groups is 1. The molecule has 0 bridgehead atoms. The van der Waals surface area contributed by atoms with E-state index in [1.54, 1.807) is 12.3 Å². The molecule has 0 aliphatic heterocycles. The average molecular weight is 260 g/mol. The highest BCUT2D eigenvalue weighted by Crippen LogP contribution is 2.14. The topological polar surface area (TPSA) is 90.9 Å². The molecule has 100 valence electrons. The third-order valence-electron chi connectivity index (χ3n) is 3.08. The number of nitrogens with two attached hydrogens (primary N) is 1. The molecule has 0 spiro atoms. The molecule has 0 fully saturated rings. The van der Waals surface area contributed by atoms with Gasteiger partial charge in [-0.05, 0) is 12.5 Å². The normalized spacial score (nSPS) is 12.5. The molecular formula is C13H16N4O2. The van der Waals surface area contributed by atoms with Gasteiger partial charge in [0.2, 0.25) is 5.91 Å². The Labute approximate surface area is 110 Å². The quantitative estimate of drug-likeness (QED) is 0.868. The van der Waals surface area contributed by atoms with E-state index >= 15 is 0 Å². The van der Waals surface area contributed by atoms with Crippen molar-refractivity contribution in [1.82, 2.24) is 14.5 Å². The van der Waals surface area contributed by atoms with Crippen LogP contribution in [0.15, 0.2) is 29.6 Å². The first kappa shape index (κ1) is 13.2. The van der Waals surface area contributed by atoms with Crippen molar-refractivity contribution in [2.45, 2.75) is 32.2 Å². The van der Waals surface area contributed by atoms with Crippen molar-refractivity contribution in [3.63, 3.8) is 0 Å². The van der Waals surface area contributed by atoms with Crippen LogP contribution in [-0.2, 0) is 4.79 Å². The maximum Gasteiger partial charge on any atom is 0.263 e. The lowest BCUT2D eigenvalue weighted by Crippen LogP contribution is -2.34. The van der Waals surface area contributed by atoms with Gasteiger partial charge in [0.15, 0.2) is 0 Å². The number of carbonyl (C=O) groups excluding carboxylic acids is 1. The molecule has 0 aromatic carbocycles. The van der Waals surface area contributed by atoms with Gasteiger partial charge in [-0.2, -0.15) is 0 Å². The minimum atomic E-state index is -0.649. The Kier molecular flexibility index (Phi) is 3.89. The van der Waals surface area contributed by atoms with Crippen LogP contribution < -0.4 is 11.3 Å². The maximum atomic E-state index is 12.3. The molecule has 0 aliphatic rings. The Hall–Kier alpha value is -2.24. The zero-order valence-corrected chi connectivity index (χ0v) is 10.7. The van der Waals surface area contributed by atoms with E-state index in [-0.39, 0.29) is 5.56 Å². The molecule has 2 rings (SSSR count). The van der Waals surface area contributed by atoms with E-state index in [1.807, 2.05) is 6.92 Å². The molecule has 1 atom stereocenters. The number of unbranched alkanes of at least 4 members (excludes halogenated alkanes) is 1. The lowest BCUT2D eigenvalue weighted by Gasteiger charge is -2.16. The van der Waals surface area contributed by atoms with Crippen molar-refractivity contribution in [2.24, 2.45) is 5.73 Å². The zero-order chi connectivity index (χ0) is 13.8. The minimum absolute atomic E-state index is 0.280. The summed E-state index contributed by atoms with van der Waals surface area (Å²) >= 11 is 0. The summed E-state index contributed by atoms with van der Waals surface area (Å²) in [4.78, 5) is 31.9. The molecule has 2 N–H and O–H groups in total. The fourth-order valence-electron chi connectivity index (χ4n) is 2.02. The SMILES string of the molecule is CCCC[C@@H](C(N)=O)n1cnc2ccncc2c1=O. The second kappa shape index (κ2) is 5.60. The van der Waals surface area contributed by atoms with Crippen LogP contribution in [0.4, 0.5) is 0 Å². The Morgan fingerprint density at radius 1 is 1.53 bits per heavy atom. The molecule has 19 heavy (non-hydrogen) atoms. The number of hydrogen-bond acceptors (Lipinski definition) is 4. The van der Waals surface area contributed by atoms with Crippen molar-refractivity contribution >= 4 is 16.8 Å². The standard InChI is InChI=1S/C13H16N4O2/c1-2-3-4-11(12(14)18)17-8-16-10-5-6-15-7-9(10)13(17)19/h5-8,11H,2-4H2,1H3,(H2,14,18)/t11-/m0/s1. The third kappa shape index (κ3) is 2.62. The first-order chi connectivity index (χ1) is 9.15. The number of primary amides is 1. The fraction of sp³-hybridized carbons (Fsp3) is 0.385. The van der Waals surface area contributed by atoms with Crippen molar-refractivity contribution in [3.05, 3.63) is 35.1 Å². The summed E-state index contributed by atoms with van der Waals surface area (Å²) < 4.78 is 1.31. The number of aromatic nitrogens is 3. The van der Waals surface area contributed by atoms with Gasteiger partial charge in [-0.3, -0.25) is 19.1 Å². The van der Waals surface area contributed by atoms with E-state index in [4.69, 9.17) is 5.73 Å². The zero-order valence-electron chi connectivity index (χ0n) is 10.7. The minimum Gasteiger partial charge on any atom is -0.368 e. The monoisotopic (exact) mass is 260 g/mol. The number of rotatable bonds is 5. The molecule has 2 aromatic heterocycles. The first-order valence-electron chi connectivity index (χ1n) is 6.25. The van der Waals surface area contributed by atoms with Crippen LogP contribution in [0.2, 0.25) is 0 Å². The van der Waals surface area contributed by atoms with Gasteiger partial charge in [-0.25, -0.2) is 4.98 Å². The van der Waals surface area contributed by atoms with E-state index in [9.17, 15) is 9.59 Å². The summed E-state index contributed by atoms with van der Waals surface area (Å²) in [6, 6.07) is 1.01. The fourth-order valence-corrected chi connectivity index (χ4v) is 2.02. The van der Waals surface area contributed by atoms with E-state index < -0.39 is 11.9 Å². The van der Waals surface area contributed by atoms with Gasteiger partial charge in [-0.1, -0.05) is 19.8 Å². The number of hydrogen-bond donors (Lipinski definition) is 1. The van der Waals surface area contributed by atoms with E-state index in [0.29, 0.717) is 17.3 Å². The van der Waals surface area contributed by atoms with E-state index in [0.717, 1.165) is 12.8 Å². The largest absolute Gasteiger partial charge is 0.368 e. The molecule has 0 aliphatic carbocycles. The summed E-state index contributed by atoms with van der Waals surface area (Å²) in [5.41, 5.74) is 5.67. The molecular weight excluding hydrogens is 244 g/mol. The lowest BCUT2D eigenvalue weighted by atomic mass is 10.1. The highest BCUT2D eigenvalue weighted by Gasteiger charge is 2.19. The molecule has 0 radical (unpaired) electrons. The summed E-state index contributed by atoms with van der Waals surface area (Å²) in [5, 5.41) is 0.396. The highest BCUT2D eigenvalue weighted by atomic mass is 16.2. The predicted molar refractivity (Wildman–Crippen MR) is 71.6 cm³/mol. The summed E-state index contributed by atoms with van der Waals surface area (Å²) in [6.07, 6.45) is 6.71. The highest BCUT2D eigenvalue weighted by molar-refractivity contribution is 5.80. The third-order valence-corrected chi connectivity index (χ3v) is 3.08. The molecule has 2 heterocycles. The van der Waals surface area contributed by atoms with Crippen molar-refractivity contribution in [2.75, 3.05) is 0 Å². The van der Waals surface area contributed by atoms with Crippen molar-refractivity contribution in [1.29, 1.82) is 0 Å². The first-order valence-corrected chi connectivity index (χ1v) is 6.25. The average Bonchev–Trinajstić information content (AvgIpc) is 2.41. The van der Waals surface area contributed by atoms with E-state index in [1.165, 1.54) is 17.1 Å². The predicted octanol–water partition coefficient (Wildman–Crippen LogP) is 1.01. The number of fused-ring (bicyclic) bond motifs is 1. The van der Waals surface area contributed by atoms with Crippen LogP contribution in [-0.4, -0.2) is 20.4 Å². The van der Waals surface area contributed by atoms with Crippen LogP contribution in [0, 0.1) is 0 Å². The number of pyridine rings is 1. The number of amides is 1. The van der Waals surface area contributed by atoms with Gasteiger partial charge < -0.3 is 5.73 Å². The van der Waals surface area contributed by atoms with Gasteiger partial charge >= 0.3 is 0 Å². The number of nitrogens with zero attached hydrogens (tertiary/aromatic N) is 3. The Balaban J connectivity index is 2.51. The van der Waals surface area contributed by atoms with Gasteiger partial charge in [0.05, 0.1) is 17.2 Å². The summed E-state index contributed by atoms with van der Waals surface area (Å²) in [7, 11) is 0. The molecule has 1 amide bonds. The van der Waals surface area contributed by atoms with Crippen molar-refractivity contribution in [3.8, 4) is 0 Å². The smallest absolute Gasteiger partial charge is 0.263 e. The van der Waals surface area contributed by atoms with Gasteiger partial charge in [0.1, 0.15) is 6.04 Å². The summed E-state index contributed by atoms with van der Waals surface area (Å²) in [6.45, 7) is 2.02. The molecule has 6 nitrogen and oxygen atoms in total. The molecule has 6 heteroatoms. The van der Waals surface area contributed by atoms with Crippen LogP contribution in [0.3, 0.4) is 0 Å². The Morgan fingerprint density at radius 2 is 2.32 bits per heavy atom. The van der Waals surface area contributed by atoms with Crippen LogP contribution in [0.25, 0.3) is 10.9 Å². The Bertz CT molecular complexity index is 650. The second-order valence-electron chi connectivity index (χ2n) is 4.41. The van der Waals surface area contributed by atoms with Gasteiger partial charge in [0.25, 0.3) is 5.56 Å². The summed E-state index contributed by atoms with van der Waals surface area (Å²) in [5.74, 6) is -0.513. The van der Waals surface area contributed by atoms with Gasteiger partial charge in [0, 0.05) is 12.4 Å². The van der Waals surface area contributed by atoms with E-state index in [2.05, 4.69) is 9.97 Å². The maximum absolute atomic E-state index is 12.3. The van der Waals surface area contributed by atoms with Crippen LogP contribution in [0.5, 0.6) is 0 Å².